The first-order valence-electron chi connectivity index (χ1n) is 6.08. The molecule has 106 valence electrons. The van der Waals surface area contributed by atoms with Gasteiger partial charge in [-0.15, -0.1) is 0 Å². The maximum absolute atomic E-state index is 10.8. The van der Waals surface area contributed by atoms with E-state index >= 15 is 0 Å². The normalized spacial score (nSPS) is 10.4. The highest BCUT2D eigenvalue weighted by molar-refractivity contribution is 6.30. The Kier molecular flexibility index (Phi) is 5.03. The lowest BCUT2D eigenvalue weighted by Gasteiger charge is -2.11. The van der Waals surface area contributed by atoms with E-state index in [0.29, 0.717) is 23.9 Å². The average molecular weight is 295 g/mol. The molecule has 6 heteroatoms. The maximum atomic E-state index is 10.8. The molecule has 1 aromatic heterocycles. The zero-order chi connectivity index (χ0) is 14.4. The van der Waals surface area contributed by atoms with Gasteiger partial charge in [-0.2, -0.15) is 0 Å². The van der Waals surface area contributed by atoms with Gasteiger partial charge in [0.05, 0.1) is 12.8 Å². The van der Waals surface area contributed by atoms with E-state index in [4.69, 9.17) is 26.5 Å². The van der Waals surface area contributed by atoms with Gasteiger partial charge in [-0.05, 0) is 30.3 Å². The molecule has 0 spiro atoms. The smallest absolute Gasteiger partial charge is 0.255 e. The highest BCUT2D eigenvalue weighted by atomic mass is 35.5. The molecule has 0 atom stereocenters. The van der Waals surface area contributed by atoms with E-state index in [-0.39, 0.29) is 6.61 Å². The summed E-state index contributed by atoms with van der Waals surface area (Å²) in [7, 11) is 0. The lowest BCUT2D eigenvalue weighted by Crippen LogP contribution is -2.21. The summed E-state index contributed by atoms with van der Waals surface area (Å²) in [5.41, 5.74) is 5.92. The molecule has 0 saturated carbocycles. The Morgan fingerprint density at radius 2 is 2.20 bits per heavy atom. The van der Waals surface area contributed by atoms with Gasteiger partial charge in [-0.3, -0.25) is 4.79 Å². The molecule has 0 aliphatic rings. The number of carbonyl (C=O) groups excluding carboxylic acids is 1. The van der Waals surface area contributed by atoms with Gasteiger partial charge in [0, 0.05) is 17.1 Å². The number of primary amides is 1. The second-order valence-electron chi connectivity index (χ2n) is 4.19. The standard InChI is InChI=1S/C14H15ClN2O3/c15-11-3-4-13(20-9-14(16)18)10(6-11)7-17-8-12-2-1-5-19-12/h1-6,17H,7-9H2,(H2,16,18). The molecule has 0 aliphatic carbocycles. The number of rotatable bonds is 7. The third-order valence-electron chi connectivity index (χ3n) is 2.59. The van der Waals surface area contributed by atoms with Crippen molar-refractivity contribution in [3.05, 3.63) is 52.9 Å². The maximum Gasteiger partial charge on any atom is 0.255 e. The van der Waals surface area contributed by atoms with Crippen LogP contribution < -0.4 is 15.8 Å². The van der Waals surface area contributed by atoms with Gasteiger partial charge in [-0.25, -0.2) is 0 Å². The average Bonchev–Trinajstić information content (AvgIpc) is 2.91. The first-order valence-corrected chi connectivity index (χ1v) is 6.45. The Hall–Kier alpha value is -1.98. The van der Waals surface area contributed by atoms with Crippen LogP contribution in [0.2, 0.25) is 5.02 Å². The van der Waals surface area contributed by atoms with Gasteiger partial charge < -0.3 is 20.2 Å². The Morgan fingerprint density at radius 1 is 1.35 bits per heavy atom. The number of ether oxygens (including phenoxy) is 1. The van der Waals surface area contributed by atoms with Crippen molar-refractivity contribution in [3.8, 4) is 5.75 Å². The quantitative estimate of drug-likeness (QED) is 0.819. The van der Waals surface area contributed by atoms with Crippen LogP contribution in [0.5, 0.6) is 5.75 Å². The van der Waals surface area contributed by atoms with E-state index < -0.39 is 5.91 Å². The second-order valence-corrected chi connectivity index (χ2v) is 4.63. The molecule has 5 nitrogen and oxygen atoms in total. The molecule has 0 fully saturated rings. The lowest BCUT2D eigenvalue weighted by atomic mass is 10.2. The summed E-state index contributed by atoms with van der Waals surface area (Å²) in [4.78, 5) is 10.8. The van der Waals surface area contributed by atoms with E-state index in [1.54, 1.807) is 24.5 Å². The minimum Gasteiger partial charge on any atom is -0.483 e. The highest BCUT2D eigenvalue weighted by Crippen LogP contribution is 2.23. The van der Waals surface area contributed by atoms with Gasteiger partial charge in [0.15, 0.2) is 6.61 Å². The summed E-state index contributed by atoms with van der Waals surface area (Å²) in [5, 5.41) is 3.81. The largest absolute Gasteiger partial charge is 0.483 e. The van der Waals surface area contributed by atoms with Crippen LogP contribution in [0.1, 0.15) is 11.3 Å². The lowest BCUT2D eigenvalue weighted by molar-refractivity contribution is -0.119. The summed E-state index contributed by atoms with van der Waals surface area (Å²) >= 11 is 5.96. The van der Waals surface area contributed by atoms with Gasteiger partial charge >= 0.3 is 0 Å². The van der Waals surface area contributed by atoms with Crippen molar-refractivity contribution in [2.24, 2.45) is 5.73 Å². The molecule has 0 radical (unpaired) electrons. The van der Waals surface area contributed by atoms with E-state index in [1.807, 2.05) is 12.1 Å². The number of benzene rings is 1. The third-order valence-corrected chi connectivity index (χ3v) is 2.82. The van der Waals surface area contributed by atoms with Crippen molar-refractivity contribution >= 4 is 17.5 Å². The van der Waals surface area contributed by atoms with Gasteiger partial charge in [0.1, 0.15) is 11.5 Å². The van der Waals surface area contributed by atoms with Crippen LogP contribution in [0.3, 0.4) is 0 Å². The zero-order valence-electron chi connectivity index (χ0n) is 10.8. The fourth-order valence-electron chi connectivity index (χ4n) is 1.71. The molecule has 0 saturated heterocycles. The highest BCUT2D eigenvalue weighted by Gasteiger charge is 2.06. The van der Waals surface area contributed by atoms with Crippen molar-refractivity contribution in [1.29, 1.82) is 0 Å². The predicted octanol–water partition coefficient (Wildman–Crippen LogP) is 2.09. The van der Waals surface area contributed by atoms with Crippen LogP contribution in [0.15, 0.2) is 41.0 Å². The number of amides is 1. The number of hydrogen-bond donors (Lipinski definition) is 2. The van der Waals surface area contributed by atoms with Crippen LogP contribution in [0, 0.1) is 0 Å². The topological polar surface area (TPSA) is 77.5 Å². The first kappa shape index (κ1) is 14.4. The molecule has 0 bridgehead atoms. The number of halogens is 1. The summed E-state index contributed by atoms with van der Waals surface area (Å²) in [5.74, 6) is 0.904. The Labute approximate surface area is 121 Å². The summed E-state index contributed by atoms with van der Waals surface area (Å²) in [6.07, 6.45) is 1.62. The Bertz CT molecular complexity index is 570. The predicted molar refractivity (Wildman–Crippen MR) is 75.4 cm³/mol. The molecule has 3 N–H and O–H groups in total. The van der Waals surface area contributed by atoms with Crippen LogP contribution in [0.4, 0.5) is 0 Å². The number of furan rings is 1. The minimum atomic E-state index is -0.519. The Balaban J connectivity index is 1.97. The fourth-order valence-corrected chi connectivity index (χ4v) is 1.90. The monoisotopic (exact) mass is 294 g/mol. The van der Waals surface area contributed by atoms with E-state index in [2.05, 4.69) is 5.32 Å². The van der Waals surface area contributed by atoms with E-state index in [0.717, 1.165) is 11.3 Å². The van der Waals surface area contributed by atoms with Crippen molar-refractivity contribution in [2.45, 2.75) is 13.1 Å². The fraction of sp³-hybridized carbons (Fsp3) is 0.214. The van der Waals surface area contributed by atoms with Crippen molar-refractivity contribution in [3.63, 3.8) is 0 Å². The van der Waals surface area contributed by atoms with Crippen LogP contribution in [-0.2, 0) is 17.9 Å². The van der Waals surface area contributed by atoms with Crippen LogP contribution in [-0.4, -0.2) is 12.5 Å². The van der Waals surface area contributed by atoms with Crippen LogP contribution >= 0.6 is 11.6 Å². The van der Waals surface area contributed by atoms with Crippen molar-refractivity contribution in [2.75, 3.05) is 6.61 Å². The van der Waals surface area contributed by atoms with Gasteiger partial charge in [-0.1, -0.05) is 11.6 Å². The molecule has 20 heavy (non-hydrogen) atoms. The second kappa shape index (κ2) is 6.98. The number of nitrogens with one attached hydrogen (secondary N) is 1. The Morgan fingerprint density at radius 3 is 2.90 bits per heavy atom. The molecule has 2 aromatic rings. The summed E-state index contributed by atoms with van der Waals surface area (Å²) < 4.78 is 10.6. The van der Waals surface area contributed by atoms with Gasteiger partial charge in [0.2, 0.25) is 0 Å². The number of hydrogen-bond acceptors (Lipinski definition) is 4. The van der Waals surface area contributed by atoms with E-state index in [1.165, 1.54) is 0 Å². The SMILES string of the molecule is NC(=O)COc1ccc(Cl)cc1CNCc1ccco1. The molecule has 1 aromatic carbocycles. The van der Waals surface area contributed by atoms with E-state index in [9.17, 15) is 4.79 Å². The number of nitrogens with two attached hydrogens (primary N) is 1. The van der Waals surface area contributed by atoms with Crippen LogP contribution in [0.25, 0.3) is 0 Å². The van der Waals surface area contributed by atoms with Crippen molar-refractivity contribution < 1.29 is 13.9 Å². The number of carbonyl (C=O) groups is 1. The molecule has 1 heterocycles. The summed E-state index contributed by atoms with van der Waals surface area (Å²) in [6.45, 7) is 0.969. The minimum absolute atomic E-state index is 0.160. The molecule has 0 unspecified atom stereocenters. The molecule has 1 amide bonds. The van der Waals surface area contributed by atoms with Gasteiger partial charge in [0.25, 0.3) is 5.91 Å². The molecular weight excluding hydrogens is 280 g/mol. The third kappa shape index (κ3) is 4.29. The zero-order valence-corrected chi connectivity index (χ0v) is 11.5. The molecular formula is C14H15ClN2O3. The van der Waals surface area contributed by atoms with Crippen molar-refractivity contribution in [1.82, 2.24) is 5.32 Å². The summed E-state index contributed by atoms with van der Waals surface area (Å²) in [6, 6.07) is 8.92. The first-order chi connectivity index (χ1) is 9.65. The molecule has 2 rings (SSSR count). The molecule has 0 aliphatic heterocycles.